The number of sulfone groups is 1. The van der Waals surface area contributed by atoms with Crippen LogP contribution in [0.25, 0.3) is 23.3 Å². The summed E-state index contributed by atoms with van der Waals surface area (Å²) < 4.78 is 25.4. The third-order valence-electron chi connectivity index (χ3n) is 3.52. The molecule has 1 aromatic carbocycles. The second-order valence-corrected chi connectivity index (χ2v) is 7.52. The summed E-state index contributed by atoms with van der Waals surface area (Å²) in [6.07, 6.45) is 7.25. The molecule has 0 saturated heterocycles. The second kappa shape index (κ2) is 7.02. The average molecular weight is 357 g/mol. The fourth-order valence-electron chi connectivity index (χ4n) is 2.28. The zero-order valence-electron chi connectivity index (χ0n) is 14.0. The van der Waals surface area contributed by atoms with E-state index in [1.807, 2.05) is 43.3 Å². The fraction of sp³-hybridized carbons (Fsp3) is 0.235. The maximum absolute atomic E-state index is 11.9. The number of anilines is 1. The summed E-state index contributed by atoms with van der Waals surface area (Å²) in [4.78, 5) is 8.35. The molecule has 0 bridgehead atoms. The lowest BCUT2D eigenvalue weighted by Gasteiger charge is -2.07. The van der Waals surface area contributed by atoms with Gasteiger partial charge in [-0.2, -0.15) is 10.1 Å². The van der Waals surface area contributed by atoms with Crippen molar-refractivity contribution >= 4 is 39.0 Å². The molecule has 0 unspecified atom stereocenters. The Bertz CT molecular complexity index is 1010. The highest BCUT2D eigenvalue weighted by Gasteiger charge is 2.18. The molecule has 7 nitrogen and oxygen atoms in total. The predicted molar refractivity (Wildman–Crippen MR) is 98.9 cm³/mol. The van der Waals surface area contributed by atoms with E-state index in [1.54, 1.807) is 17.1 Å². The van der Waals surface area contributed by atoms with Crippen LogP contribution < -0.4 is 5.32 Å². The van der Waals surface area contributed by atoms with Gasteiger partial charge in [0.15, 0.2) is 5.65 Å². The summed E-state index contributed by atoms with van der Waals surface area (Å²) >= 11 is 0. The van der Waals surface area contributed by atoms with E-state index < -0.39 is 9.84 Å². The highest BCUT2D eigenvalue weighted by molar-refractivity contribution is 7.90. The molecule has 25 heavy (non-hydrogen) atoms. The van der Waals surface area contributed by atoms with Crippen molar-refractivity contribution in [3.63, 3.8) is 0 Å². The van der Waals surface area contributed by atoms with Gasteiger partial charge in [-0.25, -0.2) is 18.1 Å². The Hall–Kier alpha value is -2.74. The van der Waals surface area contributed by atoms with Gasteiger partial charge in [0.1, 0.15) is 5.82 Å². The summed E-state index contributed by atoms with van der Waals surface area (Å²) in [7, 11) is -3.53. The van der Waals surface area contributed by atoms with E-state index in [2.05, 4.69) is 20.4 Å². The largest absolute Gasteiger partial charge is 0.369 e. The van der Waals surface area contributed by atoms with Crippen molar-refractivity contribution < 1.29 is 8.42 Å². The van der Waals surface area contributed by atoms with Gasteiger partial charge in [-0.05, 0) is 18.1 Å². The Morgan fingerprint density at radius 1 is 1.20 bits per heavy atom. The third kappa shape index (κ3) is 3.85. The van der Waals surface area contributed by atoms with E-state index in [0.717, 1.165) is 18.2 Å². The van der Waals surface area contributed by atoms with Gasteiger partial charge in [-0.3, -0.25) is 0 Å². The molecular formula is C17H19N5O2S. The molecule has 0 aliphatic heterocycles. The van der Waals surface area contributed by atoms with Crippen LogP contribution in [-0.2, 0) is 9.84 Å². The zero-order valence-corrected chi connectivity index (χ0v) is 14.9. The molecule has 1 N–H and O–H groups in total. The molecule has 0 fully saturated rings. The van der Waals surface area contributed by atoms with E-state index in [9.17, 15) is 8.42 Å². The number of hydrogen-bond acceptors (Lipinski definition) is 6. The third-order valence-corrected chi connectivity index (χ3v) is 4.36. The van der Waals surface area contributed by atoms with E-state index >= 15 is 0 Å². The minimum absolute atomic E-state index is 0.214. The summed E-state index contributed by atoms with van der Waals surface area (Å²) in [5, 5.41) is 7.90. The van der Waals surface area contributed by atoms with Gasteiger partial charge < -0.3 is 5.32 Å². The van der Waals surface area contributed by atoms with Gasteiger partial charge in [-0.1, -0.05) is 37.3 Å². The first-order chi connectivity index (χ1) is 12.0. The Labute approximate surface area is 146 Å². The molecule has 8 heteroatoms. The van der Waals surface area contributed by atoms with Crippen molar-refractivity contribution in [1.29, 1.82) is 0 Å². The smallest absolute Gasteiger partial charge is 0.250 e. The first-order valence-electron chi connectivity index (χ1n) is 7.91. The lowest BCUT2D eigenvalue weighted by atomic mass is 10.2. The molecule has 0 spiro atoms. The Balaban J connectivity index is 2.10. The minimum atomic E-state index is -3.53. The van der Waals surface area contributed by atoms with Gasteiger partial charge in [0.05, 0.1) is 11.6 Å². The topological polar surface area (TPSA) is 89.8 Å². The molecule has 0 atom stereocenters. The monoisotopic (exact) mass is 357 g/mol. The standard InChI is InChI=1S/C17H19N5O2S/c1-3-10-18-15-14-12-19-22(11-9-13-7-5-4-6-8-13)16(14)21-17(20-15)25(2,23)24/h4-9,11-12H,3,10H2,1-2H3,(H,18,20,21)/b11-9-. The van der Waals surface area contributed by atoms with Gasteiger partial charge in [0, 0.05) is 19.0 Å². The molecule has 0 aliphatic rings. The summed E-state index contributed by atoms with van der Waals surface area (Å²) in [6, 6.07) is 9.76. The normalized spacial score (nSPS) is 12.1. The highest BCUT2D eigenvalue weighted by Crippen LogP contribution is 2.22. The number of hydrogen-bond donors (Lipinski definition) is 1. The summed E-state index contributed by atoms with van der Waals surface area (Å²) in [5.41, 5.74) is 1.45. The Morgan fingerprint density at radius 3 is 2.64 bits per heavy atom. The van der Waals surface area contributed by atoms with Crippen molar-refractivity contribution in [3.8, 4) is 0 Å². The molecule has 3 rings (SSSR count). The average Bonchev–Trinajstić information content (AvgIpc) is 3.01. The molecule has 0 aliphatic carbocycles. The van der Waals surface area contributed by atoms with Crippen LogP contribution in [-0.4, -0.2) is 41.0 Å². The molecule has 0 amide bonds. The van der Waals surface area contributed by atoms with Gasteiger partial charge >= 0.3 is 0 Å². The van der Waals surface area contributed by atoms with Crippen molar-refractivity contribution in [1.82, 2.24) is 19.7 Å². The molecule has 2 heterocycles. The van der Waals surface area contributed by atoms with Crippen LogP contribution in [0.2, 0.25) is 0 Å². The fourth-order valence-corrected chi connectivity index (χ4v) is 2.79. The highest BCUT2D eigenvalue weighted by atomic mass is 32.2. The lowest BCUT2D eigenvalue weighted by molar-refractivity contribution is 0.593. The van der Waals surface area contributed by atoms with Gasteiger partial charge in [0.2, 0.25) is 9.84 Å². The van der Waals surface area contributed by atoms with Crippen LogP contribution in [0.3, 0.4) is 0 Å². The number of nitrogens with zero attached hydrogens (tertiary/aromatic N) is 4. The lowest BCUT2D eigenvalue weighted by Crippen LogP contribution is -2.10. The van der Waals surface area contributed by atoms with Crippen LogP contribution in [0.1, 0.15) is 18.9 Å². The van der Waals surface area contributed by atoms with Crippen molar-refractivity contribution in [3.05, 3.63) is 42.1 Å². The first kappa shape index (κ1) is 17.1. The second-order valence-electron chi connectivity index (χ2n) is 5.61. The van der Waals surface area contributed by atoms with Crippen LogP contribution in [0, 0.1) is 0 Å². The van der Waals surface area contributed by atoms with Gasteiger partial charge in [0.25, 0.3) is 5.16 Å². The first-order valence-corrected chi connectivity index (χ1v) is 9.80. The maximum Gasteiger partial charge on any atom is 0.250 e. The molecular weight excluding hydrogens is 338 g/mol. The SMILES string of the molecule is CCCNc1nc(S(C)(=O)=O)nc2c1cnn2/C=C\c1ccccc1. The van der Waals surface area contributed by atoms with Crippen LogP contribution in [0.4, 0.5) is 5.82 Å². The number of fused-ring (bicyclic) bond motifs is 1. The molecule has 130 valence electrons. The number of rotatable bonds is 6. The summed E-state index contributed by atoms with van der Waals surface area (Å²) in [6.45, 7) is 2.70. The maximum atomic E-state index is 11.9. The van der Waals surface area contributed by atoms with Crippen molar-refractivity contribution in [2.75, 3.05) is 18.1 Å². The number of benzene rings is 1. The Kier molecular flexibility index (Phi) is 4.80. The van der Waals surface area contributed by atoms with E-state index in [4.69, 9.17) is 0 Å². The molecule has 3 aromatic rings. The summed E-state index contributed by atoms with van der Waals surface area (Å²) in [5.74, 6) is 0.478. The molecule has 2 aromatic heterocycles. The number of nitrogens with one attached hydrogen (secondary N) is 1. The van der Waals surface area contributed by atoms with Crippen LogP contribution in [0.15, 0.2) is 41.7 Å². The quantitative estimate of drug-likeness (QED) is 0.682. The van der Waals surface area contributed by atoms with Crippen molar-refractivity contribution in [2.45, 2.75) is 18.5 Å². The van der Waals surface area contributed by atoms with E-state index in [-0.39, 0.29) is 5.16 Å². The molecule has 0 saturated carbocycles. The van der Waals surface area contributed by atoms with Crippen molar-refractivity contribution in [2.24, 2.45) is 0 Å². The zero-order chi connectivity index (χ0) is 17.9. The van der Waals surface area contributed by atoms with Gasteiger partial charge in [-0.15, -0.1) is 0 Å². The van der Waals surface area contributed by atoms with Crippen LogP contribution >= 0.6 is 0 Å². The predicted octanol–water partition coefficient (Wildman–Crippen LogP) is 2.68. The van der Waals surface area contributed by atoms with E-state index in [1.165, 1.54) is 0 Å². The Morgan fingerprint density at radius 2 is 1.96 bits per heavy atom. The van der Waals surface area contributed by atoms with E-state index in [0.29, 0.717) is 23.4 Å². The molecule has 0 radical (unpaired) electrons. The number of aromatic nitrogens is 4. The minimum Gasteiger partial charge on any atom is -0.369 e. The van der Waals surface area contributed by atoms with Crippen LogP contribution in [0.5, 0.6) is 0 Å².